The van der Waals surface area contributed by atoms with Crippen LogP contribution in [0, 0.1) is 18.3 Å². The van der Waals surface area contributed by atoms with Crippen LogP contribution in [0.1, 0.15) is 27.7 Å². The maximum Gasteiger partial charge on any atom is 0.349 e. The predicted molar refractivity (Wildman–Crippen MR) is 109 cm³/mol. The van der Waals surface area contributed by atoms with Crippen molar-refractivity contribution in [2.75, 3.05) is 5.32 Å². The van der Waals surface area contributed by atoms with Crippen LogP contribution < -0.4 is 5.32 Å². The van der Waals surface area contributed by atoms with Crippen molar-refractivity contribution in [3.05, 3.63) is 76.0 Å². The van der Waals surface area contributed by atoms with E-state index in [-0.39, 0.29) is 0 Å². The van der Waals surface area contributed by atoms with Gasteiger partial charge in [-0.2, -0.15) is 5.26 Å². The summed E-state index contributed by atoms with van der Waals surface area (Å²) < 4.78 is 5.36. The number of amides is 1. The monoisotopic (exact) mass is 390 g/mol. The fourth-order valence-corrected chi connectivity index (χ4v) is 3.42. The number of hydrogen-bond donors (Lipinski definition) is 1. The number of thiophene rings is 1. The van der Waals surface area contributed by atoms with E-state index in [2.05, 4.69) is 5.32 Å². The molecule has 1 heterocycles. The zero-order valence-corrected chi connectivity index (χ0v) is 16.2. The minimum atomic E-state index is -1.01. The second kappa shape index (κ2) is 8.51. The van der Waals surface area contributed by atoms with E-state index in [1.54, 1.807) is 24.3 Å². The van der Waals surface area contributed by atoms with Crippen LogP contribution in [0.3, 0.4) is 0 Å². The Hall–Kier alpha value is -3.43. The Balaban J connectivity index is 1.71. The average Bonchev–Trinajstić information content (AvgIpc) is 3.19. The third kappa shape index (κ3) is 4.27. The first kappa shape index (κ1) is 19.3. The zero-order valence-electron chi connectivity index (χ0n) is 15.4. The first-order valence-electron chi connectivity index (χ1n) is 8.65. The van der Waals surface area contributed by atoms with Gasteiger partial charge in [0, 0.05) is 5.56 Å². The number of nitrogens with zero attached hydrogens (tertiary/aromatic N) is 1. The third-order valence-corrected chi connectivity index (χ3v) is 5.07. The topological polar surface area (TPSA) is 79.2 Å². The number of anilines is 1. The van der Waals surface area contributed by atoms with Gasteiger partial charge in [0.05, 0.1) is 11.3 Å². The molecule has 0 aliphatic carbocycles. The van der Waals surface area contributed by atoms with Crippen molar-refractivity contribution < 1.29 is 14.3 Å². The molecule has 0 unspecified atom stereocenters. The highest BCUT2D eigenvalue weighted by atomic mass is 32.1. The van der Waals surface area contributed by atoms with Gasteiger partial charge in [0.25, 0.3) is 5.91 Å². The zero-order chi connectivity index (χ0) is 20.1. The molecule has 140 valence electrons. The molecule has 28 heavy (non-hydrogen) atoms. The average molecular weight is 390 g/mol. The SMILES string of the molecule is Cc1ccc(-c2ccsc2C(=O)O[C@H](C)C(=O)Nc2ccccc2C#N)cc1. The van der Waals surface area contributed by atoms with Crippen LogP contribution in [0.4, 0.5) is 5.69 Å². The highest BCUT2D eigenvalue weighted by Gasteiger charge is 2.23. The molecule has 1 atom stereocenters. The Kier molecular flexibility index (Phi) is 5.87. The normalized spacial score (nSPS) is 11.3. The van der Waals surface area contributed by atoms with Crippen molar-refractivity contribution in [3.63, 3.8) is 0 Å². The number of nitriles is 1. The molecule has 5 nitrogen and oxygen atoms in total. The smallest absolute Gasteiger partial charge is 0.349 e. The summed E-state index contributed by atoms with van der Waals surface area (Å²) in [6.45, 7) is 3.50. The largest absolute Gasteiger partial charge is 0.448 e. The molecular weight excluding hydrogens is 372 g/mol. The van der Waals surface area contributed by atoms with Gasteiger partial charge < -0.3 is 10.1 Å². The number of rotatable bonds is 5. The highest BCUT2D eigenvalue weighted by molar-refractivity contribution is 7.12. The standard InChI is InChI=1S/C22H18N2O3S/c1-14-7-9-16(10-8-14)18-11-12-28-20(18)22(26)27-15(2)21(25)24-19-6-4-3-5-17(19)13-23/h3-12,15H,1-2H3,(H,24,25)/t15-/m1/s1. The van der Waals surface area contributed by atoms with Crippen LogP contribution in [0.5, 0.6) is 0 Å². The third-order valence-electron chi connectivity index (χ3n) is 4.17. The number of aryl methyl sites for hydroxylation is 1. The minimum absolute atomic E-state index is 0.342. The Labute approximate surface area is 167 Å². The fourth-order valence-electron chi connectivity index (χ4n) is 2.62. The molecule has 1 amide bonds. The second-order valence-electron chi connectivity index (χ2n) is 6.22. The van der Waals surface area contributed by atoms with Crippen LogP contribution in [0.2, 0.25) is 0 Å². The van der Waals surface area contributed by atoms with Gasteiger partial charge in [0.1, 0.15) is 10.9 Å². The lowest BCUT2D eigenvalue weighted by Gasteiger charge is -2.14. The molecule has 2 aromatic carbocycles. The van der Waals surface area contributed by atoms with E-state index in [0.717, 1.165) is 16.7 Å². The van der Waals surface area contributed by atoms with Gasteiger partial charge in [-0.05, 0) is 43.0 Å². The maximum absolute atomic E-state index is 12.6. The number of para-hydroxylation sites is 1. The van der Waals surface area contributed by atoms with Crippen molar-refractivity contribution in [1.82, 2.24) is 0 Å². The second-order valence-corrected chi connectivity index (χ2v) is 7.14. The van der Waals surface area contributed by atoms with Crippen molar-refractivity contribution in [2.45, 2.75) is 20.0 Å². The Morgan fingerprint density at radius 2 is 1.82 bits per heavy atom. The molecule has 0 aliphatic rings. The molecule has 0 radical (unpaired) electrons. The van der Waals surface area contributed by atoms with Gasteiger partial charge in [-0.25, -0.2) is 4.79 Å². The number of benzene rings is 2. The summed E-state index contributed by atoms with van der Waals surface area (Å²) in [6.07, 6.45) is -1.01. The Bertz CT molecular complexity index is 1050. The molecule has 0 fully saturated rings. The van der Waals surface area contributed by atoms with E-state index in [4.69, 9.17) is 10.00 Å². The molecular formula is C22H18N2O3S. The molecule has 1 aromatic heterocycles. The van der Waals surface area contributed by atoms with Crippen molar-refractivity contribution in [2.24, 2.45) is 0 Å². The summed E-state index contributed by atoms with van der Waals surface area (Å²) in [6, 6.07) is 18.4. The molecule has 1 N–H and O–H groups in total. The van der Waals surface area contributed by atoms with Gasteiger partial charge in [-0.15, -0.1) is 11.3 Å². The fraction of sp³-hybridized carbons (Fsp3) is 0.136. The van der Waals surface area contributed by atoms with Gasteiger partial charge in [0.15, 0.2) is 6.10 Å². The first-order chi connectivity index (χ1) is 13.5. The Morgan fingerprint density at radius 3 is 2.54 bits per heavy atom. The number of ether oxygens (including phenoxy) is 1. The van der Waals surface area contributed by atoms with Crippen LogP contribution in [-0.2, 0) is 9.53 Å². The summed E-state index contributed by atoms with van der Waals surface area (Å²) in [5.74, 6) is -1.05. The van der Waals surface area contributed by atoms with Crippen LogP contribution >= 0.6 is 11.3 Å². The molecule has 3 aromatic rings. The maximum atomic E-state index is 12.6. The lowest BCUT2D eigenvalue weighted by Crippen LogP contribution is -2.30. The van der Waals surface area contributed by atoms with Gasteiger partial charge >= 0.3 is 5.97 Å². The molecule has 0 aliphatic heterocycles. The number of esters is 1. The molecule has 6 heteroatoms. The first-order valence-corrected chi connectivity index (χ1v) is 9.53. The van der Waals surface area contributed by atoms with Crippen molar-refractivity contribution >= 4 is 28.9 Å². The summed E-state index contributed by atoms with van der Waals surface area (Å²) in [5, 5.41) is 13.6. The highest BCUT2D eigenvalue weighted by Crippen LogP contribution is 2.29. The lowest BCUT2D eigenvalue weighted by atomic mass is 10.1. The van der Waals surface area contributed by atoms with Gasteiger partial charge in [-0.1, -0.05) is 42.0 Å². The number of carbonyl (C=O) groups is 2. The molecule has 0 spiro atoms. The van der Waals surface area contributed by atoms with Crippen LogP contribution in [0.25, 0.3) is 11.1 Å². The molecule has 0 bridgehead atoms. The van der Waals surface area contributed by atoms with Crippen molar-refractivity contribution in [1.29, 1.82) is 5.26 Å². The van der Waals surface area contributed by atoms with Crippen molar-refractivity contribution in [3.8, 4) is 17.2 Å². The van der Waals surface area contributed by atoms with E-state index in [1.165, 1.54) is 18.3 Å². The number of carbonyl (C=O) groups excluding carboxylic acids is 2. The molecule has 0 saturated heterocycles. The molecule has 0 saturated carbocycles. The molecule has 3 rings (SSSR count). The van der Waals surface area contributed by atoms with Crippen LogP contribution in [0.15, 0.2) is 60.0 Å². The summed E-state index contributed by atoms with van der Waals surface area (Å²) in [4.78, 5) is 25.4. The quantitative estimate of drug-likeness (QED) is 0.636. The van der Waals surface area contributed by atoms with E-state index >= 15 is 0 Å². The summed E-state index contributed by atoms with van der Waals surface area (Å²) >= 11 is 1.27. The minimum Gasteiger partial charge on any atom is -0.448 e. The van der Waals surface area contributed by atoms with E-state index < -0.39 is 18.0 Å². The summed E-state index contributed by atoms with van der Waals surface area (Å²) in [7, 11) is 0. The van der Waals surface area contributed by atoms with E-state index in [1.807, 2.05) is 48.7 Å². The Morgan fingerprint density at radius 1 is 1.11 bits per heavy atom. The van der Waals surface area contributed by atoms with Gasteiger partial charge in [-0.3, -0.25) is 4.79 Å². The predicted octanol–water partition coefficient (Wildman–Crippen LogP) is 4.78. The van der Waals surface area contributed by atoms with Crippen LogP contribution in [-0.4, -0.2) is 18.0 Å². The van der Waals surface area contributed by atoms with E-state index in [9.17, 15) is 9.59 Å². The number of hydrogen-bond acceptors (Lipinski definition) is 5. The number of nitrogens with one attached hydrogen (secondary N) is 1. The lowest BCUT2D eigenvalue weighted by molar-refractivity contribution is -0.123. The van der Waals surface area contributed by atoms with E-state index in [0.29, 0.717) is 16.1 Å². The summed E-state index contributed by atoms with van der Waals surface area (Å²) in [5.41, 5.74) is 3.55. The van der Waals surface area contributed by atoms with Gasteiger partial charge in [0.2, 0.25) is 0 Å².